The van der Waals surface area contributed by atoms with Crippen molar-refractivity contribution in [1.29, 1.82) is 0 Å². The molecule has 6 nitrogen and oxygen atoms in total. The molecule has 0 spiro atoms. The van der Waals surface area contributed by atoms with E-state index in [9.17, 15) is 9.59 Å². The molecule has 0 bridgehead atoms. The third-order valence-electron chi connectivity index (χ3n) is 4.44. The van der Waals surface area contributed by atoms with Gasteiger partial charge in [-0.3, -0.25) is 4.79 Å². The monoisotopic (exact) mass is 334 g/mol. The highest BCUT2D eigenvalue weighted by atomic mass is 32.1. The third-order valence-corrected chi connectivity index (χ3v) is 5.67. The van der Waals surface area contributed by atoms with Gasteiger partial charge in [0.15, 0.2) is 0 Å². The van der Waals surface area contributed by atoms with E-state index in [1.54, 1.807) is 16.2 Å². The maximum atomic E-state index is 12.3. The Bertz CT molecular complexity index is 605. The first kappa shape index (κ1) is 16.0. The largest absolute Gasteiger partial charge is 0.351 e. The van der Waals surface area contributed by atoms with Gasteiger partial charge in [-0.05, 0) is 37.3 Å². The lowest BCUT2D eigenvalue weighted by atomic mass is 10.1. The van der Waals surface area contributed by atoms with Crippen molar-refractivity contribution >= 4 is 29.0 Å². The van der Waals surface area contributed by atoms with Crippen LogP contribution in [0.25, 0.3) is 0 Å². The van der Waals surface area contributed by atoms with Crippen molar-refractivity contribution in [1.82, 2.24) is 10.3 Å². The van der Waals surface area contributed by atoms with Crippen LogP contribution in [0.5, 0.6) is 0 Å². The highest BCUT2D eigenvalue weighted by Crippen LogP contribution is 2.28. The van der Waals surface area contributed by atoms with Crippen molar-refractivity contribution in [3.8, 4) is 0 Å². The normalized spacial score (nSPS) is 18.1. The van der Waals surface area contributed by atoms with Crippen LogP contribution in [0.1, 0.15) is 52.2 Å². The van der Waals surface area contributed by atoms with Crippen LogP contribution in [0, 0.1) is 0 Å². The number of hydrogen-bond donors (Lipinski definition) is 2. The van der Waals surface area contributed by atoms with Gasteiger partial charge in [0, 0.05) is 36.5 Å². The van der Waals surface area contributed by atoms with Crippen molar-refractivity contribution in [2.45, 2.75) is 44.9 Å². The average molecular weight is 334 g/mol. The number of nitrogens with two attached hydrogens (primary N) is 1. The van der Waals surface area contributed by atoms with Gasteiger partial charge in [-0.15, -0.1) is 11.3 Å². The predicted molar refractivity (Wildman–Crippen MR) is 90.9 cm³/mol. The standard InChI is InChI=1S/C16H22N4O2S/c17-16(22)20-8-6-12(7-9-20)18-19-15(21)14-10-11-4-2-1-3-5-13(11)23-14/h10H,1-9H2,(H2,17,22)(H,19,21). The molecule has 3 amide bonds. The molecule has 2 heterocycles. The maximum absolute atomic E-state index is 12.3. The van der Waals surface area contributed by atoms with E-state index in [1.807, 2.05) is 6.07 Å². The van der Waals surface area contributed by atoms with Crippen LogP contribution in [0.3, 0.4) is 0 Å². The number of nitrogens with zero attached hydrogens (tertiary/aromatic N) is 2. The van der Waals surface area contributed by atoms with Crippen LogP contribution < -0.4 is 11.2 Å². The second-order valence-electron chi connectivity index (χ2n) is 6.06. The number of fused-ring (bicyclic) bond motifs is 1. The van der Waals surface area contributed by atoms with Gasteiger partial charge in [0.25, 0.3) is 5.91 Å². The minimum absolute atomic E-state index is 0.132. The van der Waals surface area contributed by atoms with Gasteiger partial charge in [-0.1, -0.05) is 6.42 Å². The number of hydrogen-bond acceptors (Lipinski definition) is 4. The van der Waals surface area contributed by atoms with Gasteiger partial charge in [0.05, 0.1) is 4.88 Å². The van der Waals surface area contributed by atoms with Gasteiger partial charge in [-0.25, -0.2) is 10.2 Å². The van der Waals surface area contributed by atoms with Gasteiger partial charge >= 0.3 is 6.03 Å². The molecule has 0 aromatic carbocycles. The number of urea groups is 1. The number of rotatable bonds is 2. The molecular weight excluding hydrogens is 312 g/mol. The van der Waals surface area contributed by atoms with E-state index in [0.29, 0.717) is 25.9 Å². The molecule has 2 aliphatic rings. The number of amides is 3. The highest BCUT2D eigenvalue weighted by Gasteiger charge is 2.19. The summed E-state index contributed by atoms with van der Waals surface area (Å²) in [5, 5.41) is 4.22. The lowest BCUT2D eigenvalue weighted by molar-refractivity contribution is 0.0958. The van der Waals surface area contributed by atoms with E-state index >= 15 is 0 Å². The molecule has 3 rings (SSSR count). The molecule has 1 aromatic rings. The Morgan fingerprint density at radius 1 is 1.13 bits per heavy atom. The quantitative estimate of drug-likeness (QED) is 0.642. The second-order valence-corrected chi connectivity index (χ2v) is 7.20. The fourth-order valence-corrected chi connectivity index (χ4v) is 4.20. The zero-order valence-electron chi connectivity index (χ0n) is 13.1. The van der Waals surface area contributed by atoms with Crippen molar-refractivity contribution in [2.24, 2.45) is 10.8 Å². The molecule has 1 aliphatic carbocycles. The van der Waals surface area contributed by atoms with E-state index in [0.717, 1.165) is 23.4 Å². The highest BCUT2D eigenvalue weighted by molar-refractivity contribution is 7.14. The molecule has 23 heavy (non-hydrogen) atoms. The zero-order chi connectivity index (χ0) is 16.2. The van der Waals surface area contributed by atoms with E-state index in [4.69, 9.17) is 5.73 Å². The SMILES string of the molecule is NC(=O)N1CCC(=NNC(=O)c2cc3c(s2)CCCCC3)CC1. The van der Waals surface area contributed by atoms with Crippen LogP contribution in [-0.2, 0) is 12.8 Å². The van der Waals surface area contributed by atoms with E-state index < -0.39 is 6.03 Å². The summed E-state index contributed by atoms with van der Waals surface area (Å²) in [6.07, 6.45) is 7.19. The average Bonchev–Trinajstić information content (AvgIpc) is 2.84. The molecule has 1 saturated heterocycles. The number of piperidine rings is 1. The van der Waals surface area contributed by atoms with Crippen molar-refractivity contribution < 1.29 is 9.59 Å². The van der Waals surface area contributed by atoms with E-state index in [2.05, 4.69) is 10.5 Å². The molecule has 0 saturated carbocycles. The number of thiophene rings is 1. The number of nitrogens with one attached hydrogen (secondary N) is 1. The topological polar surface area (TPSA) is 87.8 Å². The number of carbonyl (C=O) groups is 2. The molecule has 124 valence electrons. The van der Waals surface area contributed by atoms with Crippen LogP contribution >= 0.6 is 11.3 Å². The Labute approximate surface area is 139 Å². The minimum Gasteiger partial charge on any atom is -0.351 e. The van der Waals surface area contributed by atoms with Gasteiger partial charge in [0.1, 0.15) is 0 Å². The fourth-order valence-electron chi connectivity index (χ4n) is 3.06. The summed E-state index contributed by atoms with van der Waals surface area (Å²) in [5.41, 5.74) is 10.2. The summed E-state index contributed by atoms with van der Waals surface area (Å²) in [7, 11) is 0. The van der Waals surface area contributed by atoms with Crippen LogP contribution in [0.4, 0.5) is 4.79 Å². The molecular formula is C16H22N4O2S. The lowest BCUT2D eigenvalue weighted by Gasteiger charge is -2.25. The fraction of sp³-hybridized carbons (Fsp3) is 0.562. The first-order chi connectivity index (χ1) is 11.1. The molecule has 1 aliphatic heterocycles. The summed E-state index contributed by atoms with van der Waals surface area (Å²) >= 11 is 1.60. The molecule has 7 heteroatoms. The van der Waals surface area contributed by atoms with Gasteiger partial charge in [-0.2, -0.15) is 5.10 Å². The Morgan fingerprint density at radius 3 is 2.61 bits per heavy atom. The Kier molecular flexibility index (Phi) is 4.95. The van der Waals surface area contributed by atoms with Crippen molar-refractivity contribution in [3.63, 3.8) is 0 Å². The van der Waals surface area contributed by atoms with Gasteiger partial charge < -0.3 is 10.6 Å². The summed E-state index contributed by atoms with van der Waals surface area (Å²) in [6.45, 7) is 1.13. The maximum Gasteiger partial charge on any atom is 0.314 e. The number of likely N-dealkylation sites (tertiary alicyclic amines) is 1. The van der Waals surface area contributed by atoms with Crippen LogP contribution in [0.15, 0.2) is 11.2 Å². The summed E-state index contributed by atoms with van der Waals surface area (Å²) in [6, 6.07) is 1.63. The predicted octanol–water partition coefficient (Wildman–Crippen LogP) is 2.28. The van der Waals surface area contributed by atoms with Crippen LogP contribution in [-0.4, -0.2) is 35.6 Å². The molecule has 0 radical (unpaired) electrons. The summed E-state index contributed by atoms with van der Waals surface area (Å²) in [4.78, 5) is 27.0. The van der Waals surface area contributed by atoms with E-state index in [1.165, 1.54) is 29.7 Å². The van der Waals surface area contributed by atoms with Crippen molar-refractivity contribution in [3.05, 3.63) is 21.4 Å². The lowest BCUT2D eigenvalue weighted by Crippen LogP contribution is -2.42. The second kappa shape index (κ2) is 7.12. The number of carbonyl (C=O) groups excluding carboxylic acids is 2. The van der Waals surface area contributed by atoms with Gasteiger partial charge in [0.2, 0.25) is 0 Å². The van der Waals surface area contributed by atoms with Crippen molar-refractivity contribution in [2.75, 3.05) is 13.1 Å². The molecule has 3 N–H and O–H groups in total. The third kappa shape index (κ3) is 3.90. The number of hydrazone groups is 1. The van der Waals surface area contributed by atoms with Crippen LogP contribution in [0.2, 0.25) is 0 Å². The first-order valence-electron chi connectivity index (χ1n) is 8.15. The molecule has 0 unspecified atom stereocenters. The summed E-state index contributed by atoms with van der Waals surface area (Å²) < 4.78 is 0. The first-order valence-corrected chi connectivity index (χ1v) is 8.97. The molecule has 1 fully saturated rings. The number of primary amides is 1. The zero-order valence-corrected chi connectivity index (χ0v) is 14.0. The Morgan fingerprint density at radius 2 is 1.87 bits per heavy atom. The Balaban J connectivity index is 1.57. The molecule has 1 aromatic heterocycles. The Hall–Kier alpha value is -1.89. The minimum atomic E-state index is -0.395. The summed E-state index contributed by atoms with van der Waals surface area (Å²) in [5.74, 6) is -0.132. The van der Waals surface area contributed by atoms with E-state index in [-0.39, 0.29) is 5.91 Å². The molecule has 0 atom stereocenters. The smallest absolute Gasteiger partial charge is 0.314 e. The number of aryl methyl sites for hydroxylation is 2.